The third-order valence-electron chi connectivity index (χ3n) is 2.61. The van der Waals surface area contributed by atoms with E-state index in [4.69, 9.17) is 9.47 Å². The molecule has 0 N–H and O–H groups in total. The highest BCUT2D eigenvalue weighted by atomic mass is 16.5. The number of hydrogen-bond donors (Lipinski definition) is 0. The van der Waals surface area contributed by atoms with E-state index in [1.54, 1.807) is 18.4 Å². The second-order valence-corrected chi connectivity index (χ2v) is 3.82. The standard InChI is InChI=1S/C15H11O2/c1-2-5-13-11-16-9-8-14-6-3-7-15(17-14)10-12(13)4-1/h1-2,4-10H,11H2/b9-8-,15-10+. The van der Waals surface area contributed by atoms with Crippen molar-refractivity contribution in [2.24, 2.45) is 0 Å². The number of ether oxygens (including phenoxy) is 2. The Kier molecular flexibility index (Phi) is 2.54. The first kappa shape index (κ1) is 9.97. The van der Waals surface area contributed by atoms with E-state index in [0.29, 0.717) is 6.61 Å². The van der Waals surface area contributed by atoms with Crippen LogP contribution in [-0.4, -0.2) is 0 Å². The lowest BCUT2D eigenvalue weighted by molar-refractivity contribution is 0.232. The molecule has 2 nitrogen and oxygen atoms in total. The predicted octanol–water partition coefficient (Wildman–Crippen LogP) is 3.34. The summed E-state index contributed by atoms with van der Waals surface area (Å²) in [6.07, 6.45) is 12.1. The van der Waals surface area contributed by atoms with Crippen molar-refractivity contribution in [3.63, 3.8) is 0 Å². The Morgan fingerprint density at radius 2 is 2.06 bits per heavy atom. The van der Waals surface area contributed by atoms with Crippen LogP contribution in [0, 0.1) is 6.08 Å². The first-order chi connectivity index (χ1) is 8.42. The largest absolute Gasteiger partial charge is 0.496 e. The van der Waals surface area contributed by atoms with Gasteiger partial charge in [0.25, 0.3) is 0 Å². The number of allylic oxidation sites excluding steroid dienone is 4. The highest BCUT2D eigenvalue weighted by Gasteiger charge is 2.07. The van der Waals surface area contributed by atoms with Gasteiger partial charge in [-0.05, 0) is 35.4 Å². The molecule has 0 saturated carbocycles. The normalized spacial score (nSPS) is 22.1. The molecule has 0 fully saturated rings. The maximum atomic E-state index is 5.66. The van der Waals surface area contributed by atoms with Crippen LogP contribution in [0.15, 0.2) is 60.3 Å². The number of hydrogen-bond acceptors (Lipinski definition) is 2. The van der Waals surface area contributed by atoms with Crippen molar-refractivity contribution in [2.45, 2.75) is 6.61 Å². The van der Waals surface area contributed by atoms with Gasteiger partial charge in [-0.25, -0.2) is 0 Å². The molecule has 0 saturated heterocycles. The summed E-state index contributed by atoms with van der Waals surface area (Å²) in [5.41, 5.74) is 2.25. The van der Waals surface area contributed by atoms with E-state index >= 15 is 0 Å². The molecule has 0 spiro atoms. The molecule has 0 unspecified atom stereocenters. The average Bonchev–Trinajstić information content (AvgIpc) is 2.36. The van der Waals surface area contributed by atoms with Crippen LogP contribution >= 0.6 is 0 Å². The van der Waals surface area contributed by atoms with Gasteiger partial charge in [0.2, 0.25) is 0 Å². The fourth-order valence-electron chi connectivity index (χ4n) is 1.77. The van der Waals surface area contributed by atoms with E-state index < -0.39 is 0 Å². The predicted molar refractivity (Wildman–Crippen MR) is 65.3 cm³/mol. The number of rotatable bonds is 0. The van der Waals surface area contributed by atoms with Crippen molar-refractivity contribution in [2.75, 3.05) is 0 Å². The molecule has 3 rings (SSSR count). The van der Waals surface area contributed by atoms with Gasteiger partial charge in [0.05, 0.1) is 6.26 Å². The smallest absolute Gasteiger partial charge is 0.131 e. The van der Waals surface area contributed by atoms with E-state index in [1.807, 2.05) is 30.4 Å². The van der Waals surface area contributed by atoms with Crippen molar-refractivity contribution < 1.29 is 9.47 Å². The Bertz CT molecular complexity index is 548. The monoisotopic (exact) mass is 223 g/mol. The van der Waals surface area contributed by atoms with Crippen LogP contribution in [-0.2, 0) is 16.1 Å². The summed E-state index contributed by atoms with van der Waals surface area (Å²) in [6, 6.07) is 8.11. The van der Waals surface area contributed by atoms with Gasteiger partial charge in [0, 0.05) is 6.08 Å². The van der Waals surface area contributed by atoms with Gasteiger partial charge < -0.3 is 9.47 Å². The molecule has 17 heavy (non-hydrogen) atoms. The number of fused-ring (bicyclic) bond motifs is 3. The molecule has 0 aromatic heterocycles. The second-order valence-electron chi connectivity index (χ2n) is 3.82. The van der Waals surface area contributed by atoms with Crippen molar-refractivity contribution in [1.29, 1.82) is 0 Å². The van der Waals surface area contributed by atoms with Crippen LogP contribution in [0.2, 0.25) is 0 Å². The fraction of sp³-hybridized carbons (Fsp3) is 0.0667. The highest BCUT2D eigenvalue weighted by Crippen LogP contribution is 2.21. The quantitative estimate of drug-likeness (QED) is 0.671. The zero-order valence-corrected chi connectivity index (χ0v) is 9.22. The Morgan fingerprint density at radius 1 is 1.12 bits per heavy atom. The molecule has 0 atom stereocenters. The molecule has 83 valence electrons. The Balaban J connectivity index is 2.08. The van der Waals surface area contributed by atoms with Gasteiger partial charge in [-0.1, -0.05) is 24.3 Å². The van der Waals surface area contributed by atoms with Crippen molar-refractivity contribution in [3.05, 3.63) is 77.5 Å². The summed E-state index contributed by atoms with van der Waals surface area (Å²) in [5, 5.41) is 0. The first-order valence-corrected chi connectivity index (χ1v) is 5.47. The molecule has 2 aliphatic rings. The zero-order valence-electron chi connectivity index (χ0n) is 9.22. The van der Waals surface area contributed by atoms with E-state index in [2.05, 4.69) is 12.1 Å². The lowest BCUT2D eigenvalue weighted by Gasteiger charge is -2.14. The maximum absolute atomic E-state index is 5.66. The molecule has 2 aliphatic heterocycles. The Morgan fingerprint density at radius 3 is 3.06 bits per heavy atom. The Hall–Kier alpha value is -2.22. The fourth-order valence-corrected chi connectivity index (χ4v) is 1.77. The highest BCUT2D eigenvalue weighted by molar-refractivity contribution is 5.58. The number of benzene rings is 1. The molecule has 0 aliphatic carbocycles. The van der Waals surface area contributed by atoms with Crippen LogP contribution in [0.25, 0.3) is 6.08 Å². The summed E-state index contributed by atoms with van der Waals surface area (Å²) in [5.74, 6) is 1.53. The molecular formula is C15H11O2. The van der Waals surface area contributed by atoms with Crippen LogP contribution < -0.4 is 0 Å². The molecular weight excluding hydrogens is 212 g/mol. The topological polar surface area (TPSA) is 18.5 Å². The average molecular weight is 223 g/mol. The van der Waals surface area contributed by atoms with Gasteiger partial charge in [-0.2, -0.15) is 0 Å². The molecule has 2 bridgehead atoms. The van der Waals surface area contributed by atoms with Gasteiger partial charge in [-0.15, -0.1) is 0 Å². The van der Waals surface area contributed by atoms with E-state index in [-0.39, 0.29) is 0 Å². The maximum Gasteiger partial charge on any atom is 0.131 e. The van der Waals surface area contributed by atoms with Gasteiger partial charge in [-0.3, -0.25) is 0 Å². The van der Waals surface area contributed by atoms with Crippen LogP contribution in [0.1, 0.15) is 11.1 Å². The summed E-state index contributed by atoms with van der Waals surface area (Å²) in [6.45, 7) is 0.567. The molecule has 0 amide bonds. The van der Waals surface area contributed by atoms with Crippen LogP contribution in [0.5, 0.6) is 0 Å². The van der Waals surface area contributed by atoms with Crippen molar-refractivity contribution in [3.8, 4) is 0 Å². The molecule has 1 aromatic rings. The minimum atomic E-state index is 0.567. The van der Waals surface area contributed by atoms with Gasteiger partial charge in [0.15, 0.2) is 0 Å². The third kappa shape index (κ3) is 2.16. The van der Waals surface area contributed by atoms with Crippen molar-refractivity contribution >= 4 is 6.08 Å². The van der Waals surface area contributed by atoms with E-state index in [1.165, 1.54) is 0 Å². The lowest BCUT2D eigenvalue weighted by atomic mass is 10.1. The summed E-state index contributed by atoms with van der Waals surface area (Å²) < 4.78 is 11.1. The minimum Gasteiger partial charge on any atom is -0.496 e. The summed E-state index contributed by atoms with van der Waals surface area (Å²) in [4.78, 5) is 0. The lowest BCUT2D eigenvalue weighted by Crippen LogP contribution is -1.98. The Labute approximate surface area is 100 Å². The molecule has 2 heterocycles. The second kappa shape index (κ2) is 4.34. The van der Waals surface area contributed by atoms with E-state index in [9.17, 15) is 0 Å². The summed E-state index contributed by atoms with van der Waals surface area (Å²) >= 11 is 0. The van der Waals surface area contributed by atoms with Gasteiger partial charge in [0.1, 0.15) is 18.1 Å². The van der Waals surface area contributed by atoms with Crippen LogP contribution in [0.4, 0.5) is 0 Å². The molecule has 2 heteroatoms. The van der Waals surface area contributed by atoms with E-state index in [0.717, 1.165) is 22.6 Å². The summed E-state index contributed by atoms with van der Waals surface area (Å²) in [7, 11) is 0. The van der Waals surface area contributed by atoms with Crippen molar-refractivity contribution in [1.82, 2.24) is 0 Å². The first-order valence-electron chi connectivity index (χ1n) is 5.47. The van der Waals surface area contributed by atoms with Crippen LogP contribution in [0.3, 0.4) is 0 Å². The SMILES string of the molecule is [C]1=C/C2=C\c3ccccc3CO/C=C\C(=C1)O2. The van der Waals surface area contributed by atoms with Gasteiger partial charge >= 0.3 is 0 Å². The molecule has 1 aromatic carbocycles. The molecule has 1 radical (unpaired) electrons. The third-order valence-corrected chi connectivity index (χ3v) is 2.61. The zero-order chi connectivity index (χ0) is 11.5. The minimum absolute atomic E-state index is 0.567.